The van der Waals surface area contributed by atoms with Crippen molar-refractivity contribution in [1.29, 1.82) is 0 Å². The maximum Gasteiger partial charge on any atom is 0.240 e. The Morgan fingerprint density at radius 3 is 1.10 bits per heavy atom. The molecule has 0 spiro atoms. The number of fused-ring (bicyclic) bond motifs is 15. The lowest BCUT2D eigenvalue weighted by atomic mass is 9.98. The highest BCUT2D eigenvalue weighted by Gasteiger charge is 2.23. The van der Waals surface area contributed by atoms with Gasteiger partial charge in [0.15, 0.2) is 0 Å². The lowest BCUT2D eigenvalue weighted by molar-refractivity contribution is 0.669. The van der Waals surface area contributed by atoms with Gasteiger partial charge in [0.05, 0.1) is 44.1 Å². The number of nitrogens with zero attached hydrogens (tertiary/aromatic N) is 7. The zero-order valence-corrected chi connectivity index (χ0v) is 42.3. The zero-order valence-electron chi connectivity index (χ0n) is 41.5. The Balaban J connectivity index is 0.884. The van der Waals surface area contributed by atoms with Crippen molar-refractivity contribution in [3.63, 3.8) is 0 Å². The van der Waals surface area contributed by atoms with Crippen LogP contribution in [-0.4, -0.2) is 33.2 Å². The summed E-state index contributed by atoms with van der Waals surface area (Å²) in [6, 6.07) is 86.5. The molecule has 6 aromatic heterocycles. The number of para-hydroxylation sites is 6. The van der Waals surface area contributed by atoms with Crippen LogP contribution in [-0.2, 0) is 0 Å². The first kappa shape index (κ1) is 43.0. The summed E-state index contributed by atoms with van der Waals surface area (Å²) < 4.78 is 15.4. The highest BCUT2D eigenvalue weighted by molar-refractivity contribution is 6.28. The van der Waals surface area contributed by atoms with E-state index >= 15 is 0 Å². The fourth-order valence-corrected chi connectivity index (χ4v) is 12.7. The van der Waals surface area contributed by atoms with Gasteiger partial charge in [-0.25, -0.2) is 0 Å². The molecule has 8 nitrogen and oxygen atoms in total. The van der Waals surface area contributed by atoms with Crippen LogP contribution in [0.25, 0.3) is 155 Å². The second-order valence-electron chi connectivity index (χ2n) is 20.2. The van der Waals surface area contributed by atoms with Gasteiger partial charge in [0.2, 0.25) is 17.2 Å². The maximum absolute atomic E-state index is 7.10. The number of rotatable bonds is 6. The van der Waals surface area contributed by atoms with E-state index in [2.05, 4.69) is 237 Å². The van der Waals surface area contributed by atoms with Crippen molar-refractivity contribution in [3.05, 3.63) is 248 Å². The van der Waals surface area contributed by atoms with Crippen molar-refractivity contribution in [3.8, 4) is 45.5 Å². The van der Waals surface area contributed by atoms with Gasteiger partial charge < -0.3 is 13.6 Å². The molecule has 0 saturated carbocycles. The topological polar surface area (TPSA) is 71.5 Å². The molecule has 9 heteroatoms. The normalized spacial score (nSPS) is 12.2. The molecule has 78 heavy (non-hydrogen) atoms. The smallest absolute Gasteiger partial charge is 0.240 e. The molecule has 17 aromatic rings. The second kappa shape index (κ2) is 16.4. The van der Waals surface area contributed by atoms with E-state index in [1.807, 2.05) is 24.3 Å². The molecule has 17 rings (SSSR count). The van der Waals surface area contributed by atoms with Gasteiger partial charge in [-0.1, -0.05) is 133 Å². The number of furan rings is 1. The summed E-state index contributed by atoms with van der Waals surface area (Å²) >= 11 is 7.10. The van der Waals surface area contributed by atoms with Crippen molar-refractivity contribution >= 4 is 121 Å². The molecule has 0 aliphatic heterocycles. The first-order valence-corrected chi connectivity index (χ1v) is 26.5. The van der Waals surface area contributed by atoms with Gasteiger partial charge in [-0.05, 0) is 137 Å². The van der Waals surface area contributed by atoms with Crippen LogP contribution in [0.15, 0.2) is 247 Å². The Labute approximate surface area is 449 Å². The standard InChI is InChI=1S/C69H40ClN7O/c70-67-71-68(73-69(72-67)77-59-25-13-9-21-49(59)55-39-56-50-22-10-14-26-65(50)78-66(56)40-64(55)77)76-62-33-29-43(41-27-31-60-51(35-41)47-19-7-11-23-57(47)74(60)45-15-3-1-4-16-45)37-53(62)54-38-44(30-34-63(54)76)42-28-32-61-52(36-42)48-20-8-12-24-58(48)75(61)46-17-5-2-6-18-46/h1-40H. The quantitative estimate of drug-likeness (QED) is 0.166. The van der Waals surface area contributed by atoms with E-state index in [4.69, 9.17) is 31.0 Å². The lowest BCUT2D eigenvalue weighted by Crippen LogP contribution is -2.09. The number of hydrogen-bond acceptors (Lipinski definition) is 4. The molecular weight excluding hydrogens is 978 g/mol. The molecular formula is C69H40ClN7O. The first-order valence-electron chi connectivity index (χ1n) is 26.1. The van der Waals surface area contributed by atoms with Crippen LogP contribution in [0, 0.1) is 0 Å². The molecule has 0 atom stereocenters. The molecule has 0 amide bonds. The van der Waals surface area contributed by atoms with Gasteiger partial charge in [0.1, 0.15) is 11.2 Å². The summed E-state index contributed by atoms with van der Waals surface area (Å²) in [4.78, 5) is 15.2. The minimum absolute atomic E-state index is 0.0833. The van der Waals surface area contributed by atoms with Crippen LogP contribution >= 0.6 is 11.6 Å². The molecule has 0 aliphatic rings. The van der Waals surface area contributed by atoms with Crippen molar-refractivity contribution in [1.82, 2.24) is 33.2 Å². The Kier molecular flexibility index (Phi) is 9.02. The predicted octanol–water partition coefficient (Wildman–Crippen LogP) is 18.1. The first-order chi connectivity index (χ1) is 38.6. The minimum atomic E-state index is 0.0833. The summed E-state index contributed by atoms with van der Waals surface area (Å²) in [6.45, 7) is 0. The third-order valence-corrected chi connectivity index (χ3v) is 16.1. The van der Waals surface area contributed by atoms with Gasteiger partial charge in [0, 0.05) is 71.3 Å². The number of halogens is 1. The van der Waals surface area contributed by atoms with E-state index in [1.54, 1.807) is 0 Å². The molecule has 11 aromatic carbocycles. The molecule has 0 aliphatic carbocycles. The van der Waals surface area contributed by atoms with E-state index in [9.17, 15) is 0 Å². The van der Waals surface area contributed by atoms with E-state index in [0.29, 0.717) is 11.9 Å². The number of benzene rings is 11. The summed E-state index contributed by atoms with van der Waals surface area (Å²) in [5, 5.41) is 11.2. The molecule has 0 bridgehead atoms. The van der Waals surface area contributed by atoms with E-state index in [0.717, 1.165) is 110 Å². The van der Waals surface area contributed by atoms with Crippen molar-refractivity contribution in [2.75, 3.05) is 0 Å². The monoisotopic (exact) mass is 1020 g/mol. The SMILES string of the molecule is Clc1nc(-n2c3ccc(-c4ccc5c(c4)c4ccccc4n5-c4ccccc4)cc3c3cc(-c4ccc5c(c4)c4ccccc4n5-c4ccccc4)ccc32)nc(-n2c3ccccc3c3cc4c(cc32)oc2ccccc24)n1. The predicted molar refractivity (Wildman–Crippen MR) is 320 cm³/mol. The molecule has 0 unspecified atom stereocenters. The van der Waals surface area contributed by atoms with Gasteiger partial charge in [-0.15, -0.1) is 0 Å². The second-order valence-corrected chi connectivity index (χ2v) is 20.5. The van der Waals surface area contributed by atoms with Crippen molar-refractivity contribution < 1.29 is 4.42 Å². The largest absolute Gasteiger partial charge is 0.456 e. The molecule has 0 fully saturated rings. The van der Waals surface area contributed by atoms with Crippen molar-refractivity contribution in [2.45, 2.75) is 0 Å². The Bertz CT molecular complexity index is 5140. The van der Waals surface area contributed by atoms with Gasteiger partial charge in [0.25, 0.3) is 0 Å². The Morgan fingerprint density at radius 1 is 0.256 bits per heavy atom. The highest BCUT2D eigenvalue weighted by Crippen LogP contribution is 2.43. The lowest BCUT2D eigenvalue weighted by Gasteiger charge is -2.11. The van der Waals surface area contributed by atoms with Gasteiger partial charge in [-0.2, -0.15) is 15.0 Å². The number of aromatic nitrogens is 7. The maximum atomic E-state index is 7.10. The summed E-state index contributed by atoms with van der Waals surface area (Å²) in [5.41, 5.74) is 16.7. The van der Waals surface area contributed by atoms with E-state index < -0.39 is 0 Å². The van der Waals surface area contributed by atoms with Gasteiger partial charge in [-0.3, -0.25) is 9.13 Å². The molecule has 0 radical (unpaired) electrons. The molecule has 364 valence electrons. The third kappa shape index (κ3) is 6.26. The summed E-state index contributed by atoms with van der Waals surface area (Å²) in [5.74, 6) is 0.812. The van der Waals surface area contributed by atoms with Crippen LogP contribution in [0.4, 0.5) is 0 Å². The van der Waals surface area contributed by atoms with Crippen LogP contribution in [0.3, 0.4) is 0 Å². The molecule has 0 N–H and O–H groups in total. The third-order valence-electron chi connectivity index (χ3n) is 16.0. The van der Waals surface area contributed by atoms with Crippen molar-refractivity contribution in [2.24, 2.45) is 0 Å². The van der Waals surface area contributed by atoms with E-state index in [1.165, 1.54) is 32.6 Å². The fraction of sp³-hybridized carbons (Fsp3) is 0. The fourth-order valence-electron chi connectivity index (χ4n) is 12.5. The Hall–Kier alpha value is -10.3. The summed E-state index contributed by atoms with van der Waals surface area (Å²) in [6.07, 6.45) is 0. The van der Waals surface area contributed by atoms with Crippen LogP contribution in [0.2, 0.25) is 5.28 Å². The van der Waals surface area contributed by atoms with Crippen LogP contribution in [0.5, 0.6) is 0 Å². The molecule has 6 heterocycles. The zero-order chi connectivity index (χ0) is 51.2. The summed E-state index contributed by atoms with van der Waals surface area (Å²) in [7, 11) is 0. The average molecular weight is 1020 g/mol. The van der Waals surface area contributed by atoms with Crippen LogP contribution in [0.1, 0.15) is 0 Å². The molecule has 0 saturated heterocycles. The number of hydrogen-bond donors (Lipinski definition) is 0. The minimum Gasteiger partial charge on any atom is -0.456 e. The Morgan fingerprint density at radius 2 is 0.615 bits per heavy atom. The van der Waals surface area contributed by atoms with E-state index in [-0.39, 0.29) is 5.28 Å². The van der Waals surface area contributed by atoms with Crippen LogP contribution < -0.4 is 0 Å². The average Bonchev–Trinajstić information content (AvgIpc) is 4.45. The highest BCUT2D eigenvalue weighted by atomic mass is 35.5. The van der Waals surface area contributed by atoms with Gasteiger partial charge >= 0.3 is 0 Å².